The molecule has 2 atom stereocenters. The highest BCUT2D eigenvalue weighted by Crippen LogP contribution is 2.53. The predicted octanol–water partition coefficient (Wildman–Crippen LogP) is 4.45. The lowest BCUT2D eigenvalue weighted by Crippen LogP contribution is -2.41. The number of benzene rings is 2. The van der Waals surface area contributed by atoms with Crippen LogP contribution in [-0.2, 0) is 5.60 Å². The summed E-state index contributed by atoms with van der Waals surface area (Å²) in [7, 11) is 0. The van der Waals surface area contributed by atoms with Crippen LogP contribution in [0.2, 0.25) is 5.02 Å². The summed E-state index contributed by atoms with van der Waals surface area (Å²) in [5.74, 6) is 0.973. The normalized spacial score (nSPS) is 24.3. The third-order valence-corrected chi connectivity index (χ3v) is 5.48. The van der Waals surface area contributed by atoms with E-state index in [1.165, 1.54) is 0 Å². The summed E-state index contributed by atoms with van der Waals surface area (Å²) < 4.78 is 7.16. The van der Waals surface area contributed by atoms with Crippen molar-refractivity contribution in [1.29, 1.82) is 0 Å². The summed E-state index contributed by atoms with van der Waals surface area (Å²) in [5.41, 5.74) is 7.74. The summed E-state index contributed by atoms with van der Waals surface area (Å²) in [4.78, 5) is 0. The molecule has 1 aliphatic rings. The molecule has 2 aromatic rings. The topological polar surface area (TPSA) is 35.2 Å². The van der Waals surface area contributed by atoms with Crippen molar-refractivity contribution in [1.82, 2.24) is 0 Å². The number of rotatable bonds is 2. The standard InChI is InChI=1S/C16H15BrClNO/c1-10-14-13(8-7-12(18)15(14)17)20-16(10,9-19)11-5-3-2-4-6-11/h2-8,10H,9,19H2,1H3. The molecule has 0 amide bonds. The number of ether oxygens (including phenoxy) is 1. The zero-order valence-electron chi connectivity index (χ0n) is 11.1. The molecule has 2 aromatic carbocycles. The van der Waals surface area contributed by atoms with E-state index >= 15 is 0 Å². The minimum Gasteiger partial charge on any atom is -0.480 e. The van der Waals surface area contributed by atoms with Crippen LogP contribution in [0, 0.1) is 0 Å². The maximum atomic E-state index is 6.26. The summed E-state index contributed by atoms with van der Waals surface area (Å²) >= 11 is 9.78. The van der Waals surface area contributed by atoms with Gasteiger partial charge in [-0.05, 0) is 33.6 Å². The lowest BCUT2D eigenvalue weighted by molar-refractivity contribution is 0.0802. The van der Waals surface area contributed by atoms with Crippen molar-refractivity contribution < 1.29 is 4.74 Å². The van der Waals surface area contributed by atoms with Crippen molar-refractivity contribution >= 4 is 27.5 Å². The maximum absolute atomic E-state index is 6.26. The molecule has 3 rings (SSSR count). The van der Waals surface area contributed by atoms with E-state index in [0.717, 1.165) is 21.3 Å². The Hall–Kier alpha value is -1.03. The highest BCUT2D eigenvalue weighted by Gasteiger charge is 2.47. The maximum Gasteiger partial charge on any atom is 0.153 e. The van der Waals surface area contributed by atoms with Crippen LogP contribution < -0.4 is 10.5 Å². The minimum atomic E-state index is -0.531. The summed E-state index contributed by atoms with van der Waals surface area (Å²) in [5, 5.41) is 0.695. The van der Waals surface area contributed by atoms with Gasteiger partial charge in [-0.25, -0.2) is 0 Å². The SMILES string of the molecule is CC1c2c(ccc(Cl)c2Br)OC1(CN)c1ccccc1. The number of nitrogens with two attached hydrogens (primary N) is 1. The van der Waals surface area contributed by atoms with Gasteiger partial charge >= 0.3 is 0 Å². The molecule has 4 heteroatoms. The molecule has 0 spiro atoms. The number of fused-ring (bicyclic) bond motifs is 1. The molecule has 0 saturated carbocycles. The van der Waals surface area contributed by atoms with Gasteiger partial charge in [-0.1, -0.05) is 48.9 Å². The third-order valence-electron chi connectivity index (χ3n) is 4.08. The molecule has 1 aliphatic heterocycles. The van der Waals surface area contributed by atoms with Crippen molar-refractivity contribution in [3.8, 4) is 5.75 Å². The summed E-state index contributed by atoms with van der Waals surface area (Å²) in [6.07, 6.45) is 0. The smallest absolute Gasteiger partial charge is 0.153 e. The van der Waals surface area contributed by atoms with Gasteiger partial charge in [0.25, 0.3) is 0 Å². The van der Waals surface area contributed by atoms with E-state index in [2.05, 4.69) is 35.0 Å². The summed E-state index contributed by atoms with van der Waals surface area (Å²) in [6.45, 7) is 2.55. The molecule has 2 unspecified atom stereocenters. The predicted molar refractivity (Wildman–Crippen MR) is 85.4 cm³/mol. The van der Waals surface area contributed by atoms with Crippen LogP contribution in [0.15, 0.2) is 46.9 Å². The van der Waals surface area contributed by atoms with Gasteiger partial charge in [-0.3, -0.25) is 0 Å². The molecule has 0 bridgehead atoms. The van der Waals surface area contributed by atoms with Crippen molar-refractivity contribution in [3.05, 3.63) is 63.1 Å². The van der Waals surface area contributed by atoms with Gasteiger partial charge in [0.1, 0.15) is 5.75 Å². The van der Waals surface area contributed by atoms with E-state index in [-0.39, 0.29) is 5.92 Å². The van der Waals surface area contributed by atoms with E-state index in [4.69, 9.17) is 22.1 Å². The monoisotopic (exact) mass is 351 g/mol. The Kier molecular flexibility index (Phi) is 3.53. The fourth-order valence-electron chi connectivity index (χ4n) is 2.92. The molecule has 2 nitrogen and oxygen atoms in total. The zero-order chi connectivity index (χ0) is 14.3. The molecular weight excluding hydrogens is 338 g/mol. The van der Waals surface area contributed by atoms with Crippen LogP contribution in [0.25, 0.3) is 0 Å². The Balaban J connectivity index is 2.17. The zero-order valence-corrected chi connectivity index (χ0v) is 13.4. The summed E-state index contributed by atoms with van der Waals surface area (Å²) in [6, 6.07) is 13.9. The molecule has 0 aliphatic carbocycles. The third kappa shape index (κ3) is 1.88. The molecular formula is C16H15BrClNO. The van der Waals surface area contributed by atoms with Crippen LogP contribution in [0.5, 0.6) is 5.75 Å². The molecule has 2 N–H and O–H groups in total. The molecule has 1 heterocycles. The van der Waals surface area contributed by atoms with Crippen molar-refractivity contribution in [3.63, 3.8) is 0 Å². The average molecular weight is 353 g/mol. The van der Waals surface area contributed by atoms with Gasteiger partial charge in [0.2, 0.25) is 0 Å². The lowest BCUT2D eigenvalue weighted by Gasteiger charge is -2.32. The van der Waals surface area contributed by atoms with Gasteiger partial charge in [0.05, 0.1) is 5.02 Å². The molecule has 104 valence electrons. The van der Waals surface area contributed by atoms with Crippen LogP contribution in [-0.4, -0.2) is 6.54 Å². The first kappa shape index (κ1) is 13.9. The van der Waals surface area contributed by atoms with E-state index in [9.17, 15) is 0 Å². The fraction of sp³-hybridized carbons (Fsp3) is 0.250. The molecule has 0 saturated heterocycles. The molecule has 0 fully saturated rings. The second-order valence-corrected chi connectivity index (χ2v) is 6.26. The first-order valence-corrected chi connectivity index (χ1v) is 7.70. The van der Waals surface area contributed by atoms with E-state index in [1.807, 2.05) is 30.3 Å². The van der Waals surface area contributed by atoms with Gasteiger partial charge in [-0.15, -0.1) is 0 Å². The van der Waals surface area contributed by atoms with Crippen LogP contribution in [0.3, 0.4) is 0 Å². The first-order chi connectivity index (χ1) is 9.60. The fourth-order valence-corrected chi connectivity index (χ4v) is 3.76. The van der Waals surface area contributed by atoms with Crippen LogP contribution >= 0.6 is 27.5 Å². The highest BCUT2D eigenvalue weighted by molar-refractivity contribution is 9.10. The Morgan fingerprint density at radius 3 is 2.60 bits per heavy atom. The van der Waals surface area contributed by atoms with E-state index in [0.29, 0.717) is 11.6 Å². The lowest BCUT2D eigenvalue weighted by atomic mass is 9.80. The number of hydrogen-bond donors (Lipinski definition) is 1. The quantitative estimate of drug-likeness (QED) is 0.866. The largest absolute Gasteiger partial charge is 0.480 e. The average Bonchev–Trinajstić information content (AvgIpc) is 2.78. The van der Waals surface area contributed by atoms with Crippen molar-refractivity contribution in [2.24, 2.45) is 5.73 Å². The number of halogens is 2. The second-order valence-electron chi connectivity index (χ2n) is 5.06. The Bertz CT molecular complexity index is 646. The Morgan fingerprint density at radius 1 is 1.25 bits per heavy atom. The first-order valence-electron chi connectivity index (χ1n) is 6.52. The van der Waals surface area contributed by atoms with Gasteiger partial charge in [0.15, 0.2) is 5.60 Å². The second kappa shape index (κ2) is 5.06. The van der Waals surface area contributed by atoms with Crippen LogP contribution in [0.1, 0.15) is 24.0 Å². The minimum absolute atomic E-state index is 0.123. The Labute approximate surface area is 132 Å². The van der Waals surface area contributed by atoms with Gasteiger partial charge in [0, 0.05) is 22.5 Å². The van der Waals surface area contributed by atoms with Crippen LogP contribution in [0.4, 0.5) is 0 Å². The van der Waals surface area contributed by atoms with E-state index < -0.39 is 5.60 Å². The molecule has 0 aromatic heterocycles. The molecule has 0 radical (unpaired) electrons. The highest BCUT2D eigenvalue weighted by atomic mass is 79.9. The van der Waals surface area contributed by atoms with Gasteiger partial charge < -0.3 is 10.5 Å². The van der Waals surface area contributed by atoms with E-state index in [1.54, 1.807) is 0 Å². The molecule has 20 heavy (non-hydrogen) atoms. The van der Waals surface area contributed by atoms with Crippen molar-refractivity contribution in [2.45, 2.75) is 18.4 Å². The number of hydrogen-bond acceptors (Lipinski definition) is 2. The van der Waals surface area contributed by atoms with Crippen molar-refractivity contribution in [2.75, 3.05) is 6.54 Å². The van der Waals surface area contributed by atoms with Gasteiger partial charge in [-0.2, -0.15) is 0 Å². The Morgan fingerprint density at radius 2 is 1.95 bits per heavy atom.